The van der Waals surface area contributed by atoms with Crippen LogP contribution in [-0.4, -0.2) is 79.7 Å². The maximum atomic E-state index is 16.3. The summed E-state index contributed by atoms with van der Waals surface area (Å²) >= 11 is 1.58. The molecule has 4 N–H and O–H groups in total. The minimum Gasteiger partial charge on any atom is -0.489 e. The Labute approximate surface area is 388 Å². The summed E-state index contributed by atoms with van der Waals surface area (Å²) in [4.78, 5) is 39.9. The smallest absolute Gasteiger partial charge is 0.243 e. The van der Waals surface area contributed by atoms with Crippen molar-refractivity contribution in [1.29, 1.82) is 0 Å². The second kappa shape index (κ2) is 19.0. The topological polar surface area (TPSA) is 123 Å². The number of fused-ring (bicyclic) bond motifs is 3. The zero-order valence-corrected chi connectivity index (χ0v) is 39.4. The predicted molar refractivity (Wildman–Crippen MR) is 253 cm³/mol. The van der Waals surface area contributed by atoms with Crippen LogP contribution in [0, 0.1) is 24.0 Å². The largest absolute Gasteiger partial charge is 0.489 e. The molecule has 0 saturated carbocycles. The molecule has 348 valence electrons. The van der Waals surface area contributed by atoms with E-state index >= 15 is 13.2 Å². The number of benzene rings is 4. The van der Waals surface area contributed by atoms with Crippen molar-refractivity contribution >= 4 is 34.1 Å². The number of ether oxygens (including phenoxy) is 1. The number of carbonyl (C=O) groups is 2. The van der Waals surface area contributed by atoms with Crippen LogP contribution in [0.2, 0.25) is 0 Å². The summed E-state index contributed by atoms with van der Waals surface area (Å²) < 4.78 is 53.7. The Morgan fingerprint density at radius 2 is 1.61 bits per heavy atom. The minimum absolute atomic E-state index is 0.0164. The minimum atomic E-state index is -1.61. The number of halogens is 3. The fraction of sp³-hybridized carbons (Fsp3) is 0.404. The van der Waals surface area contributed by atoms with E-state index in [1.165, 1.54) is 30.9 Å². The fourth-order valence-corrected chi connectivity index (χ4v) is 10.3. The summed E-state index contributed by atoms with van der Waals surface area (Å²) in [6.45, 7) is 13.5. The molecule has 4 aromatic carbocycles. The second-order valence-electron chi connectivity index (χ2n) is 19.6. The molecular weight excluding hydrogens is 862 g/mol. The SMILES string of the molecule is Cc1ncsc1-c1ccc(CNC(=O)[C@@H]2C[C@@H](O)CN2C(=O)[C@@H](NCc2ccc(COc3cc(F)c([C@@H]4c5[nH]c6ccccc6c5C[C@@H](C)N4CC(C)(C)F)c(F)c3)cc2)C(C)(C)C)cc1. The van der Waals surface area contributed by atoms with E-state index < -0.39 is 46.9 Å². The van der Waals surface area contributed by atoms with Gasteiger partial charge >= 0.3 is 0 Å². The van der Waals surface area contributed by atoms with Gasteiger partial charge in [-0.1, -0.05) is 87.5 Å². The zero-order chi connectivity index (χ0) is 47.1. The van der Waals surface area contributed by atoms with Gasteiger partial charge in [-0.2, -0.15) is 0 Å². The second-order valence-corrected chi connectivity index (χ2v) is 20.4. The van der Waals surface area contributed by atoms with E-state index in [1.54, 1.807) is 11.3 Å². The maximum Gasteiger partial charge on any atom is 0.243 e. The van der Waals surface area contributed by atoms with Crippen LogP contribution in [0.3, 0.4) is 0 Å². The molecule has 0 radical (unpaired) electrons. The summed E-state index contributed by atoms with van der Waals surface area (Å²) in [6, 6.07) is 23.0. The lowest BCUT2D eigenvalue weighted by Gasteiger charge is -2.43. The van der Waals surface area contributed by atoms with Gasteiger partial charge in [0.2, 0.25) is 11.8 Å². The van der Waals surface area contributed by atoms with Gasteiger partial charge in [-0.15, -0.1) is 11.3 Å². The van der Waals surface area contributed by atoms with Crippen molar-refractivity contribution < 1.29 is 32.6 Å². The molecule has 0 bridgehead atoms. The Bertz CT molecular complexity index is 2670. The van der Waals surface area contributed by atoms with E-state index in [-0.39, 0.29) is 61.8 Å². The Morgan fingerprint density at radius 1 is 0.955 bits per heavy atom. The molecule has 66 heavy (non-hydrogen) atoms. The number of amides is 2. The highest BCUT2D eigenvalue weighted by atomic mass is 32.1. The summed E-state index contributed by atoms with van der Waals surface area (Å²) in [6.07, 6.45) is -0.0708. The third-order valence-corrected chi connectivity index (χ3v) is 13.7. The van der Waals surface area contributed by atoms with Gasteiger partial charge in [0, 0.05) is 72.9 Å². The number of aliphatic hydroxyl groups excluding tert-OH is 1. The highest BCUT2D eigenvalue weighted by Crippen LogP contribution is 2.44. The summed E-state index contributed by atoms with van der Waals surface area (Å²) in [5.41, 5.74) is 6.61. The number of β-amino-alcohol motifs (C(OH)–C–C–N with tert-alkyl or cyclic N) is 1. The average Bonchev–Trinajstić information content (AvgIpc) is 3.98. The number of aryl methyl sites for hydroxylation is 1. The first-order chi connectivity index (χ1) is 31.3. The van der Waals surface area contributed by atoms with Crippen molar-refractivity contribution in [3.63, 3.8) is 0 Å². The molecular formula is C52H59F3N6O4S. The fourth-order valence-electron chi connectivity index (χ4n) is 9.44. The maximum absolute atomic E-state index is 16.3. The molecule has 1 fully saturated rings. The van der Waals surface area contributed by atoms with Gasteiger partial charge in [0.05, 0.1) is 34.3 Å². The highest BCUT2D eigenvalue weighted by Gasteiger charge is 2.44. The third-order valence-electron chi connectivity index (χ3n) is 12.7. The van der Waals surface area contributed by atoms with Crippen molar-refractivity contribution in [2.75, 3.05) is 13.1 Å². The third kappa shape index (κ3) is 10.2. The van der Waals surface area contributed by atoms with Crippen molar-refractivity contribution in [3.05, 3.63) is 141 Å². The lowest BCUT2D eigenvalue weighted by molar-refractivity contribution is -0.142. The van der Waals surface area contributed by atoms with Crippen LogP contribution in [-0.2, 0) is 35.7 Å². The van der Waals surface area contributed by atoms with Gasteiger partial charge < -0.3 is 30.4 Å². The molecule has 2 aliphatic heterocycles. The lowest BCUT2D eigenvalue weighted by atomic mass is 9.85. The van der Waals surface area contributed by atoms with Crippen LogP contribution in [0.5, 0.6) is 5.75 Å². The number of hydrogen-bond acceptors (Lipinski definition) is 8. The van der Waals surface area contributed by atoms with Crippen molar-refractivity contribution in [2.45, 2.75) is 117 Å². The number of aliphatic hydroxyl groups is 1. The molecule has 2 amide bonds. The molecule has 0 aliphatic carbocycles. The van der Waals surface area contributed by atoms with Crippen molar-refractivity contribution in [1.82, 2.24) is 30.4 Å². The molecule has 5 atom stereocenters. The van der Waals surface area contributed by atoms with Crippen LogP contribution in [0.15, 0.2) is 90.4 Å². The van der Waals surface area contributed by atoms with Crippen LogP contribution in [0.1, 0.15) is 93.2 Å². The number of thiazole rings is 1. The molecule has 8 rings (SSSR count). The van der Waals surface area contributed by atoms with Gasteiger partial charge in [0.25, 0.3) is 0 Å². The average molecular weight is 921 g/mol. The van der Waals surface area contributed by atoms with Gasteiger partial charge in [-0.3, -0.25) is 14.5 Å². The predicted octanol–water partition coefficient (Wildman–Crippen LogP) is 9.32. The van der Waals surface area contributed by atoms with Gasteiger partial charge in [0.15, 0.2) is 0 Å². The number of rotatable bonds is 14. The number of aromatic amines is 1. The summed E-state index contributed by atoms with van der Waals surface area (Å²) in [5, 5.41) is 18.0. The summed E-state index contributed by atoms with van der Waals surface area (Å²) in [5.74, 6) is -2.11. The molecule has 14 heteroatoms. The number of nitrogens with zero attached hydrogens (tertiary/aromatic N) is 3. The van der Waals surface area contributed by atoms with E-state index in [9.17, 15) is 14.7 Å². The van der Waals surface area contributed by atoms with Crippen LogP contribution in [0.25, 0.3) is 21.3 Å². The van der Waals surface area contributed by atoms with Crippen LogP contribution >= 0.6 is 11.3 Å². The first-order valence-corrected chi connectivity index (χ1v) is 23.5. The normalized spacial score (nSPS) is 19.5. The Kier molecular flexibility index (Phi) is 13.5. The first kappa shape index (κ1) is 47.0. The molecule has 0 spiro atoms. The molecule has 1 saturated heterocycles. The number of hydrogen-bond donors (Lipinski definition) is 4. The molecule has 2 aromatic heterocycles. The van der Waals surface area contributed by atoms with Gasteiger partial charge in [-0.05, 0) is 73.4 Å². The van der Waals surface area contributed by atoms with E-state index in [0.717, 1.165) is 49.3 Å². The van der Waals surface area contributed by atoms with Crippen LogP contribution in [0.4, 0.5) is 13.2 Å². The quantitative estimate of drug-likeness (QED) is 0.0860. The number of carbonyl (C=O) groups excluding carboxylic acids is 2. The standard InChI is InChI=1S/C52H59F3N6O4S/c1-30-20-39-38-10-8-9-11-42(38)59-45(39)46(61(30)28-52(6,7)55)44-40(53)22-37(23-41(44)54)65-27-34-14-12-32(13-15-34)24-56-48(51(3,4)5)50(64)60-26-36(62)21-43(60)49(63)57-25-33-16-18-35(19-17-33)47-31(2)58-29-66-47/h8-19,22-23,29-30,36,43,46,48,56,59,62H,20-21,24-28H2,1-7H3,(H,57,63)/t30-,36-,43+,46-,48-/m1/s1. The number of nitrogens with one attached hydrogen (secondary N) is 3. The van der Waals surface area contributed by atoms with Crippen molar-refractivity contribution in [3.8, 4) is 16.2 Å². The van der Waals surface area contributed by atoms with Crippen LogP contribution < -0.4 is 15.4 Å². The molecule has 2 aliphatic rings. The lowest BCUT2D eigenvalue weighted by Crippen LogP contribution is -2.56. The molecule has 10 nitrogen and oxygen atoms in total. The highest BCUT2D eigenvalue weighted by molar-refractivity contribution is 7.13. The number of aromatic nitrogens is 2. The Morgan fingerprint density at radius 3 is 2.26 bits per heavy atom. The van der Waals surface area contributed by atoms with E-state index in [0.29, 0.717) is 18.7 Å². The number of likely N-dealkylation sites (tertiary alicyclic amines) is 1. The van der Waals surface area contributed by atoms with Gasteiger partial charge in [-0.25, -0.2) is 18.2 Å². The molecule has 0 unspecified atom stereocenters. The van der Waals surface area contributed by atoms with E-state index in [1.807, 2.05) is 118 Å². The van der Waals surface area contributed by atoms with E-state index in [2.05, 4.69) is 20.6 Å². The number of H-pyrrole nitrogens is 1. The monoisotopic (exact) mass is 920 g/mol. The number of alkyl halides is 1. The first-order valence-electron chi connectivity index (χ1n) is 22.6. The van der Waals surface area contributed by atoms with Crippen molar-refractivity contribution in [2.24, 2.45) is 5.41 Å². The van der Waals surface area contributed by atoms with Gasteiger partial charge in [0.1, 0.15) is 35.7 Å². The molecule has 6 aromatic rings. The number of para-hydroxylation sites is 1. The zero-order valence-electron chi connectivity index (χ0n) is 38.6. The Balaban J connectivity index is 0.897. The summed E-state index contributed by atoms with van der Waals surface area (Å²) in [7, 11) is 0. The van der Waals surface area contributed by atoms with E-state index in [4.69, 9.17) is 4.74 Å². The molecule has 4 heterocycles. The Hall–Kier alpha value is -5.54.